The Morgan fingerprint density at radius 1 is 1.19 bits per heavy atom. The van der Waals surface area contributed by atoms with E-state index in [9.17, 15) is 4.79 Å². The molecule has 1 unspecified atom stereocenters. The number of hydrogen-bond donors (Lipinski definition) is 0. The van der Waals surface area contributed by atoms with Gasteiger partial charge in [-0.25, -0.2) is 0 Å². The number of carbonyl (C=O) groups excluding carboxylic acids is 1. The topological polar surface area (TPSA) is 36.7 Å². The second kappa shape index (κ2) is 9.96. The Morgan fingerprint density at radius 2 is 1.93 bits per heavy atom. The third kappa shape index (κ3) is 5.73. The summed E-state index contributed by atoms with van der Waals surface area (Å²) >= 11 is 5.28. The molecule has 0 spiro atoms. The molecule has 1 amide bonds. The van der Waals surface area contributed by atoms with Crippen LogP contribution in [-0.2, 0) is 17.1 Å². The van der Waals surface area contributed by atoms with Crippen molar-refractivity contribution in [3.05, 3.63) is 53.5 Å². The van der Waals surface area contributed by atoms with E-state index >= 15 is 0 Å². The summed E-state index contributed by atoms with van der Waals surface area (Å²) in [5.74, 6) is 4.57. The van der Waals surface area contributed by atoms with E-state index in [4.69, 9.17) is 4.42 Å². The molecule has 2 aromatic rings. The van der Waals surface area contributed by atoms with Crippen LogP contribution in [0.2, 0.25) is 0 Å². The summed E-state index contributed by atoms with van der Waals surface area (Å²) < 4.78 is 5.85. The summed E-state index contributed by atoms with van der Waals surface area (Å²) in [4.78, 5) is 17.7. The largest absolute Gasteiger partial charge is 0.464 e. The number of benzene rings is 1. The summed E-state index contributed by atoms with van der Waals surface area (Å²) in [5, 5.41) is 0.143. The Balaban J connectivity index is 1.49. The van der Waals surface area contributed by atoms with Crippen molar-refractivity contribution in [3.8, 4) is 0 Å². The van der Waals surface area contributed by atoms with Gasteiger partial charge in [0, 0.05) is 17.2 Å². The van der Waals surface area contributed by atoms with Crippen LogP contribution in [0.4, 0.5) is 0 Å². The number of nitrogens with zero attached hydrogens (tertiary/aromatic N) is 2. The minimum Gasteiger partial charge on any atom is -0.464 e. The number of hydrogen-bond acceptors (Lipinski definition) is 6. The fraction of sp³-hybridized carbons (Fsp3) is 0.450. The molecule has 1 aromatic heterocycles. The zero-order valence-electron chi connectivity index (χ0n) is 16.0. The van der Waals surface area contributed by atoms with Crippen LogP contribution in [0, 0.1) is 0 Å². The van der Waals surface area contributed by atoms with Crippen molar-refractivity contribution in [1.82, 2.24) is 9.80 Å². The van der Waals surface area contributed by atoms with Crippen LogP contribution in [0.1, 0.15) is 22.5 Å². The van der Waals surface area contributed by atoms with E-state index in [2.05, 4.69) is 41.5 Å². The monoisotopic (exact) mass is 422 g/mol. The Bertz CT molecular complexity index is 746. The van der Waals surface area contributed by atoms with E-state index in [-0.39, 0.29) is 11.3 Å². The van der Waals surface area contributed by atoms with E-state index in [1.54, 1.807) is 23.5 Å². The van der Waals surface area contributed by atoms with E-state index in [1.807, 2.05) is 36.8 Å². The first-order chi connectivity index (χ1) is 13.1. The third-order valence-corrected chi connectivity index (χ3v) is 7.24. The fourth-order valence-corrected chi connectivity index (χ4v) is 5.43. The molecule has 0 N–H and O–H groups in total. The number of rotatable bonds is 9. The van der Waals surface area contributed by atoms with Gasteiger partial charge in [0.25, 0.3) is 0 Å². The first-order valence-electron chi connectivity index (χ1n) is 8.92. The van der Waals surface area contributed by atoms with Crippen LogP contribution in [0.15, 0.2) is 45.7 Å². The van der Waals surface area contributed by atoms with Crippen molar-refractivity contribution < 1.29 is 9.21 Å². The van der Waals surface area contributed by atoms with Gasteiger partial charge in [0.2, 0.25) is 5.91 Å². The van der Waals surface area contributed by atoms with Gasteiger partial charge in [-0.2, -0.15) is 11.8 Å². The zero-order valence-corrected chi connectivity index (χ0v) is 18.5. The maximum Gasteiger partial charge on any atom is 0.233 e. The normalized spacial score (nSPS) is 17.3. The molecule has 1 aliphatic rings. The van der Waals surface area contributed by atoms with E-state index in [0.29, 0.717) is 5.75 Å². The van der Waals surface area contributed by atoms with Crippen LogP contribution in [-0.4, -0.2) is 54.1 Å². The van der Waals surface area contributed by atoms with Crippen LogP contribution in [0.3, 0.4) is 0 Å². The van der Waals surface area contributed by atoms with E-state index < -0.39 is 0 Å². The molecule has 1 saturated heterocycles. The van der Waals surface area contributed by atoms with Crippen molar-refractivity contribution >= 4 is 41.2 Å². The lowest BCUT2D eigenvalue weighted by molar-refractivity contribution is -0.127. The van der Waals surface area contributed by atoms with Crippen LogP contribution in [0.25, 0.3) is 0 Å². The van der Waals surface area contributed by atoms with Crippen molar-refractivity contribution in [1.29, 1.82) is 0 Å². The van der Waals surface area contributed by atoms with Crippen molar-refractivity contribution in [2.75, 3.05) is 38.4 Å². The Labute approximate surface area is 174 Å². The molecule has 3 rings (SSSR count). The second-order valence-electron chi connectivity index (χ2n) is 6.68. The maximum absolute atomic E-state index is 12.3. The average Bonchev–Trinajstić information content (AvgIpc) is 3.25. The molecule has 0 saturated carbocycles. The standard InChI is InChI=1S/C20H26N2O2S3/c1-21(2)12-16-6-7-17(24-16)13-26-11-10-22-19(23)14-27-20(22)15-4-8-18(25-3)9-5-15/h4-9,20H,10-14H2,1-3H3. The van der Waals surface area contributed by atoms with Gasteiger partial charge in [-0.15, -0.1) is 23.5 Å². The van der Waals surface area contributed by atoms with Gasteiger partial charge in [-0.1, -0.05) is 12.1 Å². The summed E-state index contributed by atoms with van der Waals surface area (Å²) in [5.41, 5.74) is 1.22. The molecule has 1 aromatic carbocycles. The first kappa shape index (κ1) is 20.7. The van der Waals surface area contributed by atoms with Crippen LogP contribution >= 0.6 is 35.3 Å². The first-order valence-corrected chi connectivity index (χ1v) is 12.3. The number of furan rings is 1. The fourth-order valence-electron chi connectivity index (χ4n) is 2.97. The number of carbonyl (C=O) groups is 1. The lowest BCUT2D eigenvalue weighted by Gasteiger charge is -2.24. The quantitative estimate of drug-likeness (QED) is 0.435. The third-order valence-electron chi connectivity index (χ3n) is 4.28. The summed E-state index contributed by atoms with van der Waals surface area (Å²) in [6, 6.07) is 12.7. The molecule has 0 aliphatic carbocycles. The van der Waals surface area contributed by atoms with Crippen molar-refractivity contribution in [2.24, 2.45) is 0 Å². The van der Waals surface area contributed by atoms with Gasteiger partial charge in [0.15, 0.2) is 0 Å². The molecule has 2 heterocycles. The van der Waals surface area contributed by atoms with Gasteiger partial charge < -0.3 is 14.2 Å². The van der Waals surface area contributed by atoms with Crippen LogP contribution < -0.4 is 0 Å². The lowest BCUT2D eigenvalue weighted by atomic mass is 10.2. The minimum atomic E-state index is 0.143. The Hall–Kier alpha value is -1.02. The predicted molar refractivity (Wildman–Crippen MR) is 117 cm³/mol. The Morgan fingerprint density at radius 3 is 2.63 bits per heavy atom. The van der Waals surface area contributed by atoms with Gasteiger partial charge in [-0.05, 0) is 50.2 Å². The zero-order chi connectivity index (χ0) is 19.2. The van der Waals surface area contributed by atoms with E-state index in [1.165, 1.54) is 10.5 Å². The molecule has 146 valence electrons. The van der Waals surface area contributed by atoms with Gasteiger partial charge >= 0.3 is 0 Å². The van der Waals surface area contributed by atoms with Crippen LogP contribution in [0.5, 0.6) is 0 Å². The van der Waals surface area contributed by atoms with Crippen molar-refractivity contribution in [3.63, 3.8) is 0 Å². The maximum atomic E-state index is 12.3. The predicted octanol–water partition coefficient (Wildman–Crippen LogP) is 4.57. The SMILES string of the molecule is CSc1ccc(C2SCC(=O)N2CCSCc2ccc(CN(C)C)o2)cc1. The van der Waals surface area contributed by atoms with Gasteiger partial charge in [-0.3, -0.25) is 4.79 Å². The molecule has 27 heavy (non-hydrogen) atoms. The highest BCUT2D eigenvalue weighted by molar-refractivity contribution is 8.00. The molecule has 1 atom stereocenters. The molecule has 1 fully saturated rings. The second-order valence-corrected chi connectivity index (χ2v) is 9.74. The molecule has 1 aliphatic heterocycles. The number of amides is 1. The molecular weight excluding hydrogens is 396 g/mol. The average molecular weight is 423 g/mol. The van der Waals surface area contributed by atoms with Crippen molar-refractivity contribution in [2.45, 2.75) is 22.6 Å². The Kier molecular flexibility index (Phi) is 7.64. The van der Waals surface area contributed by atoms with Gasteiger partial charge in [0.05, 0.1) is 18.1 Å². The minimum absolute atomic E-state index is 0.143. The highest BCUT2D eigenvalue weighted by Crippen LogP contribution is 2.39. The summed E-state index contributed by atoms with van der Waals surface area (Å²) in [6.45, 7) is 1.60. The molecule has 4 nitrogen and oxygen atoms in total. The highest BCUT2D eigenvalue weighted by atomic mass is 32.2. The molecule has 0 bridgehead atoms. The summed E-state index contributed by atoms with van der Waals surface area (Å²) in [7, 11) is 4.07. The smallest absolute Gasteiger partial charge is 0.233 e. The molecule has 0 radical (unpaired) electrons. The highest BCUT2D eigenvalue weighted by Gasteiger charge is 2.32. The van der Waals surface area contributed by atoms with Gasteiger partial charge in [0.1, 0.15) is 16.9 Å². The number of thioether (sulfide) groups is 3. The van der Waals surface area contributed by atoms with E-state index in [0.717, 1.165) is 36.1 Å². The molecule has 7 heteroatoms. The summed E-state index contributed by atoms with van der Waals surface area (Å²) in [6.07, 6.45) is 2.08. The lowest BCUT2D eigenvalue weighted by Crippen LogP contribution is -2.30. The molecular formula is C20H26N2O2S3.